The second kappa shape index (κ2) is 4.91. The third kappa shape index (κ3) is 1.95. The van der Waals surface area contributed by atoms with Crippen LogP contribution in [0, 0.1) is 0 Å². The highest BCUT2D eigenvalue weighted by Crippen LogP contribution is 2.33. The molecule has 0 aliphatic carbocycles. The van der Waals surface area contributed by atoms with E-state index in [1.807, 2.05) is 25.1 Å². The lowest BCUT2D eigenvalue weighted by Gasteiger charge is -2.06. The smallest absolute Gasteiger partial charge is 0.358 e. The van der Waals surface area contributed by atoms with Crippen molar-refractivity contribution >= 4 is 5.97 Å². The Morgan fingerprint density at radius 3 is 2.78 bits per heavy atom. The standard InChI is InChI=1S/C13H13NO4/c1-3-8-11(13(15)16)14-18-12(8)9-6-4-5-7-10(9)17-2/h4-7H,3H2,1-2H3,(H,15,16). The molecule has 2 rings (SSSR count). The topological polar surface area (TPSA) is 72.6 Å². The van der Waals surface area contributed by atoms with Crippen LogP contribution in [0.2, 0.25) is 0 Å². The van der Waals surface area contributed by atoms with Crippen LogP contribution < -0.4 is 4.74 Å². The van der Waals surface area contributed by atoms with Crippen LogP contribution in [0.15, 0.2) is 28.8 Å². The predicted molar refractivity (Wildman–Crippen MR) is 64.8 cm³/mol. The zero-order chi connectivity index (χ0) is 13.1. The highest BCUT2D eigenvalue weighted by molar-refractivity contribution is 5.89. The molecule has 1 aromatic heterocycles. The first kappa shape index (κ1) is 12.2. The number of hydrogen-bond donors (Lipinski definition) is 1. The van der Waals surface area contributed by atoms with E-state index < -0.39 is 5.97 Å². The van der Waals surface area contributed by atoms with Crippen LogP contribution in [0.3, 0.4) is 0 Å². The Kier molecular flexibility index (Phi) is 3.32. The number of carboxylic acid groups (broad SMARTS) is 1. The van der Waals surface area contributed by atoms with Crippen LogP contribution in [0.4, 0.5) is 0 Å². The summed E-state index contributed by atoms with van der Waals surface area (Å²) in [5, 5.41) is 12.6. The van der Waals surface area contributed by atoms with Crippen molar-refractivity contribution in [2.75, 3.05) is 7.11 Å². The molecule has 0 unspecified atom stereocenters. The summed E-state index contributed by atoms with van der Waals surface area (Å²) >= 11 is 0. The van der Waals surface area contributed by atoms with Gasteiger partial charge in [0.1, 0.15) is 5.75 Å². The van der Waals surface area contributed by atoms with Gasteiger partial charge in [-0.2, -0.15) is 0 Å². The van der Waals surface area contributed by atoms with Crippen LogP contribution >= 0.6 is 0 Å². The van der Waals surface area contributed by atoms with Gasteiger partial charge in [-0.3, -0.25) is 0 Å². The van der Waals surface area contributed by atoms with Crippen molar-refractivity contribution in [2.45, 2.75) is 13.3 Å². The van der Waals surface area contributed by atoms with Crippen LogP contribution in [0.1, 0.15) is 23.0 Å². The largest absolute Gasteiger partial charge is 0.496 e. The molecule has 1 N–H and O–H groups in total. The Hall–Kier alpha value is -2.30. The summed E-state index contributed by atoms with van der Waals surface area (Å²) in [6.45, 7) is 1.86. The van der Waals surface area contributed by atoms with E-state index in [1.54, 1.807) is 13.2 Å². The summed E-state index contributed by atoms with van der Waals surface area (Å²) in [6.07, 6.45) is 0.526. The number of carboxylic acids is 1. The van der Waals surface area contributed by atoms with Gasteiger partial charge in [-0.25, -0.2) is 4.79 Å². The Balaban J connectivity index is 2.61. The predicted octanol–water partition coefficient (Wildman–Crippen LogP) is 2.61. The number of benzene rings is 1. The number of methoxy groups -OCH3 is 1. The number of aromatic carboxylic acids is 1. The zero-order valence-electron chi connectivity index (χ0n) is 10.1. The van der Waals surface area contributed by atoms with Crippen molar-refractivity contribution in [3.63, 3.8) is 0 Å². The number of carbonyl (C=O) groups is 1. The van der Waals surface area contributed by atoms with E-state index in [0.717, 1.165) is 0 Å². The lowest BCUT2D eigenvalue weighted by Crippen LogP contribution is -2.01. The summed E-state index contributed by atoms with van der Waals surface area (Å²) in [5.41, 5.74) is 1.24. The minimum Gasteiger partial charge on any atom is -0.496 e. The third-order valence-electron chi connectivity index (χ3n) is 2.70. The first-order valence-electron chi connectivity index (χ1n) is 5.54. The quantitative estimate of drug-likeness (QED) is 0.899. The molecular formula is C13H13NO4. The molecule has 0 fully saturated rings. The molecule has 0 radical (unpaired) electrons. The number of rotatable bonds is 4. The Bertz CT molecular complexity index is 574. The van der Waals surface area contributed by atoms with Crippen molar-refractivity contribution < 1.29 is 19.2 Å². The molecule has 5 heteroatoms. The van der Waals surface area contributed by atoms with Crippen LogP contribution in [-0.4, -0.2) is 23.3 Å². The van der Waals surface area contributed by atoms with Gasteiger partial charge in [0, 0.05) is 5.56 Å². The normalized spacial score (nSPS) is 10.3. The highest BCUT2D eigenvalue weighted by Gasteiger charge is 2.22. The van der Waals surface area contributed by atoms with Crippen molar-refractivity contribution in [1.82, 2.24) is 5.16 Å². The van der Waals surface area contributed by atoms with Gasteiger partial charge in [-0.15, -0.1) is 0 Å². The molecule has 0 saturated heterocycles. The Morgan fingerprint density at radius 2 is 2.17 bits per heavy atom. The SMILES string of the molecule is CCc1c(C(=O)O)noc1-c1ccccc1OC. The maximum atomic E-state index is 11.0. The molecule has 0 aliphatic heterocycles. The van der Waals surface area contributed by atoms with Crippen LogP contribution in [0.25, 0.3) is 11.3 Å². The molecule has 1 aromatic carbocycles. The summed E-state index contributed by atoms with van der Waals surface area (Å²) in [5.74, 6) is -0.00983. The minimum atomic E-state index is -1.09. The molecule has 18 heavy (non-hydrogen) atoms. The number of hydrogen-bond acceptors (Lipinski definition) is 4. The van der Waals surface area contributed by atoms with E-state index in [4.69, 9.17) is 14.4 Å². The average molecular weight is 247 g/mol. The second-order valence-electron chi connectivity index (χ2n) is 3.70. The molecule has 2 aromatic rings. The van der Waals surface area contributed by atoms with E-state index in [0.29, 0.717) is 29.1 Å². The molecule has 0 aliphatic rings. The summed E-state index contributed by atoms with van der Waals surface area (Å²) in [7, 11) is 1.55. The van der Waals surface area contributed by atoms with E-state index in [9.17, 15) is 4.79 Å². The number of para-hydroxylation sites is 1. The van der Waals surface area contributed by atoms with Crippen molar-refractivity contribution in [2.24, 2.45) is 0 Å². The minimum absolute atomic E-state index is 0.0431. The summed E-state index contributed by atoms with van der Waals surface area (Å²) in [4.78, 5) is 11.0. The molecule has 94 valence electrons. The van der Waals surface area contributed by atoms with Gasteiger partial charge in [-0.05, 0) is 18.6 Å². The number of ether oxygens (including phenoxy) is 1. The molecule has 0 saturated carbocycles. The first-order valence-corrected chi connectivity index (χ1v) is 5.54. The molecule has 0 atom stereocenters. The van der Waals surface area contributed by atoms with E-state index in [2.05, 4.69) is 5.16 Å². The van der Waals surface area contributed by atoms with Gasteiger partial charge < -0.3 is 14.4 Å². The molecular weight excluding hydrogens is 234 g/mol. The van der Waals surface area contributed by atoms with Crippen LogP contribution in [0.5, 0.6) is 5.75 Å². The van der Waals surface area contributed by atoms with E-state index in [-0.39, 0.29) is 5.69 Å². The molecule has 1 heterocycles. The number of aromatic nitrogens is 1. The molecule has 5 nitrogen and oxygen atoms in total. The molecule has 0 bridgehead atoms. The zero-order valence-corrected chi connectivity index (χ0v) is 10.1. The van der Waals surface area contributed by atoms with Gasteiger partial charge in [0.2, 0.25) is 0 Å². The maximum Gasteiger partial charge on any atom is 0.358 e. The lowest BCUT2D eigenvalue weighted by atomic mass is 10.0. The van der Waals surface area contributed by atoms with Crippen LogP contribution in [-0.2, 0) is 6.42 Å². The van der Waals surface area contributed by atoms with Gasteiger partial charge in [0.15, 0.2) is 11.5 Å². The van der Waals surface area contributed by atoms with Gasteiger partial charge >= 0.3 is 5.97 Å². The van der Waals surface area contributed by atoms with E-state index >= 15 is 0 Å². The highest BCUT2D eigenvalue weighted by atomic mass is 16.5. The lowest BCUT2D eigenvalue weighted by molar-refractivity contribution is 0.0685. The van der Waals surface area contributed by atoms with Crippen molar-refractivity contribution in [3.8, 4) is 17.1 Å². The fourth-order valence-corrected chi connectivity index (χ4v) is 1.85. The first-order chi connectivity index (χ1) is 8.69. The second-order valence-corrected chi connectivity index (χ2v) is 3.70. The van der Waals surface area contributed by atoms with Crippen molar-refractivity contribution in [1.29, 1.82) is 0 Å². The van der Waals surface area contributed by atoms with Gasteiger partial charge in [-0.1, -0.05) is 24.2 Å². The number of nitrogens with zero attached hydrogens (tertiary/aromatic N) is 1. The third-order valence-corrected chi connectivity index (χ3v) is 2.70. The van der Waals surface area contributed by atoms with Crippen molar-refractivity contribution in [3.05, 3.63) is 35.5 Å². The molecule has 0 spiro atoms. The average Bonchev–Trinajstić information content (AvgIpc) is 2.82. The fourth-order valence-electron chi connectivity index (χ4n) is 1.85. The summed E-state index contributed by atoms with van der Waals surface area (Å²) < 4.78 is 10.4. The Morgan fingerprint density at radius 1 is 1.44 bits per heavy atom. The van der Waals surface area contributed by atoms with Gasteiger partial charge in [0.05, 0.1) is 12.7 Å². The maximum absolute atomic E-state index is 11.0. The summed E-state index contributed by atoms with van der Waals surface area (Å²) in [6, 6.07) is 7.27. The van der Waals surface area contributed by atoms with Gasteiger partial charge in [0.25, 0.3) is 0 Å². The fraction of sp³-hybridized carbons (Fsp3) is 0.231. The molecule has 0 amide bonds. The monoisotopic (exact) mass is 247 g/mol. The Labute approximate surface area is 104 Å². The van der Waals surface area contributed by atoms with E-state index in [1.165, 1.54) is 0 Å².